The van der Waals surface area contributed by atoms with Crippen molar-refractivity contribution in [2.24, 2.45) is 17.3 Å². The molecule has 0 aromatic heterocycles. The van der Waals surface area contributed by atoms with Crippen molar-refractivity contribution in [3.8, 4) is 0 Å². The van der Waals surface area contributed by atoms with E-state index in [2.05, 4.69) is 0 Å². The Morgan fingerprint density at radius 1 is 0.676 bits per heavy atom. The number of nitrogens with zero attached hydrogens (tertiary/aromatic N) is 2. The van der Waals surface area contributed by atoms with Gasteiger partial charge in [-0.05, 0) is 106 Å². The van der Waals surface area contributed by atoms with Gasteiger partial charge < -0.3 is 19.9 Å². The lowest BCUT2D eigenvalue weighted by Crippen LogP contribution is -2.68. The number of carbonyl (C=O) groups is 2. The number of hydroxylamine groups is 4. The Morgan fingerprint density at radius 3 is 1.19 bits per heavy atom. The smallest absolute Gasteiger partial charge is 0.324 e. The zero-order valence-electron chi connectivity index (χ0n) is 25.1. The zero-order chi connectivity index (χ0) is 28.4. The Labute approximate surface area is 225 Å². The molecule has 0 saturated carbocycles. The standard InChI is InChI=1S/C29H54N2O6/c1-11-13-15-36-23(32)29(24(33)37-16-14-12-2,21-17-25(3,4)30(34)26(5,6)18-21)22-19-27(7,8)31(35)28(9,10)20-22/h21-22,34-35H,11-20H2,1-10H3. The molecule has 2 N–H and O–H groups in total. The van der Waals surface area contributed by atoms with Gasteiger partial charge >= 0.3 is 11.9 Å². The van der Waals surface area contributed by atoms with E-state index >= 15 is 0 Å². The monoisotopic (exact) mass is 526 g/mol. The first-order valence-electron chi connectivity index (χ1n) is 14.2. The number of ether oxygens (including phenoxy) is 2. The van der Waals surface area contributed by atoms with Crippen molar-refractivity contribution < 1.29 is 29.5 Å². The van der Waals surface area contributed by atoms with E-state index < -0.39 is 51.3 Å². The van der Waals surface area contributed by atoms with Crippen LogP contribution in [0.3, 0.4) is 0 Å². The van der Waals surface area contributed by atoms with Gasteiger partial charge in [0, 0.05) is 22.2 Å². The molecule has 2 aliphatic rings. The minimum atomic E-state index is -1.55. The fourth-order valence-electron chi connectivity index (χ4n) is 7.13. The molecule has 8 heteroatoms. The average Bonchev–Trinajstić information content (AvgIpc) is 2.76. The zero-order valence-corrected chi connectivity index (χ0v) is 25.1. The molecule has 0 amide bonds. The maximum Gasteiger partial charge on any atom is 0.324 e. The third-order valence-electron chi connectivity index (χ3n) is 8.70. The van der Waals surface area contributed by atoms with Crippen LogP contribution in [0.25, 0.3) is 0 Å². The maximum atomic E-state index is 14.3. The Bertz CT molecular complexity index is 704. The summed E-state index contributed by atoms with van der Waals surface area (Å²) in [6.45, 7) is 20.1. The van der Waals surface area contributed by atoms with Crippen molar-refractivity contribution in [2.45, 2.75) is 143 Å². The van der Waals surface area contributed by atoms with Crippen molar-refractivity contribution in [2.75, 3.05) is 13.2 Å². The molecule has 0 radical (unpaired) electrons. The first-order chi connectivity index (χ1) is 16.9. The lowest BCUT2D eigenvalue weighted by molar-refractivity contribution is -0.276. The fourth-order valence-corrected chi connectivity index (χ4v) is 7.13. The normalized spacial score (nSPS) is 24.5. The Balaban J connectivity index is 2.75. The number of esters is 2. The van der Waals surface area contributed by atoms with E-state index in [9.17, 15) is 20.0 Å². The van der Waals surface area contributed by atoms with Crippen molar-refractivity contribution in [3.63, 3.8) is 0 Å². The highest BCUT2D eigenvalue weighted by molar-refractivity contribution is 6.01. The summed E-state index contributed by atoms with van der Waals surface area (Å²) in [5.41, 5.74) is -4.24. The molecule has 2 fully saturated rings. The highest BCUT2D eigenvalue weighted by Gasteiger charge is 2.66. The van der Waals surface area contributed by atoms with Crippen LogP contribution in [-0.2, 0) is 19.1 Å². The van der Waals surface area contributed by atoms with Gasteiger partial charge in [-0.2, -0.15) is 10.1 Å². The van der Waals surface area contributed by atoms with Crippen LogP contribution in [0.1, 0.15) is 121 Å². The van der Waals surface area contributed by atoms with Gasteiger partial charge in [0.15, 0.2) is 5.41 Å². The molecule has 37 heavy (non-hydrogen) atoms. The lowest BCUT2D eigenvalue weighted by Gasteiger charge is -2.59. The van der Waals surface area contributed by atoms with E-state index in [4.69, 9.17) is 9.47 Å². The van der Waals surface area contributed by atoms with Crippen LogP contribution in [0.5, 0.6) is 0 Å². The summed E-state index contributed by atoms with van der Waals surface area (Å²) in [5, 5.41) is 24.8. The predicted molar refractivity (Wildman–Crippen MR) is 143 cm³/mol. The minimum Gasteiger partial charge on any atom is -0.465 e. The quantitative estimate of drug-likeness (QED) is 0.204. The number of rotatable bonds is 10. The molecule has 0 aromatic rings. The van der Waals surface area contributed by atoms with Gasteiger partial charge in [-0.3, -0.25) is 9.59 Å². The summed E-state index contributed by atoms with van der Waals surface area (Å²) >= 11 is 0. The number of unbranched alkanes of at least 4 members (excludes halogenated alkanes) is 2. The summed E-state index contributed by atoms with van der Waals surface area (Å²) < 4.78 is 11.8. The van der Waals surface area contributed by atoms with Crippen molar-refractivity contribution in [1.82, 2.24) is 10.1 Å². The molecule has 0 unspecified atom stereocenters. The van der Waals surface area contributed by atoms with Crippen LogP contribution in [0.15, 0.2) is 0 Å². The van der Waals surface area contributed by atoms with Gasteiger partial charge in [0.25, 0.3) is 0 Å². The van der Waals surface area contributed by atoms with Crippen molar-refractivity contribution in [1.29, 1.82) is 0 Å². The van der Waals surface area contributed by atoms with Crippen LogP contribution in [0, 0.1) is 17.3 Å². The Kier molecular flexibility index (Phi) is 9.93. The predicted octanol–water partition coefficient (Wildman–Crippen LogP) is 5.98. The molecule has 2 heterocycles. The minimum absolute atomic E-state index is 0.247. The van der Waals surface area contributed by atoms with Crippen LogP contribution < -0.4 is 0 Å². The molecular formula is C29H54N2O6. The van der Waals surface area contributed by atoms with Crippen LogP contribution in [-0.4, -0.2) is 67.8 Å². The van der Waals surface area contributed by atoms with Gasteiger partial charge in [0.05, 0.1) is 13.2 Å². The molecule has 8 nitrogen and oxygen atoms in total. The molecule has 2 rings (SSSR count). The highest BCUT2D eigenvalue weighted by atomic mass is 16.6. The third-order valence-corrected chi connectivity index (χ3v) is 8.70. The van der Waals surface area contributed by atoms with E-state index in [1.807, 2.05) is 69.2 Å². The van der Waals surface area contributed by atoms with Crippen molar-refractivity contribution >= 4 is 11.9 Å². The van der Waals surface area contributed by atoms with Gasteiger partial charge in [-0.1, -0.05) is 26.7 Å². The van der Waals surface area contributed by atoms with Crippen LogP contribution in [0.2, 0.25) is 0 Å². The summed E-state index contributed by atoms with van der Waals surface area (Å²) in [6, 6.07) is 0. The van der Waals surface area contributed by atoms with E-state index in [1.54, 1.807) is 0 Å². The molecule has 0 aliphatic carbocycles. The van der Waals surface area contributed by atoms with Gasteiger partial charge in [-0.15, -0.1) is 0 Å². The second-order valence-electron chi connectivity index (χ2n) is 13.9. The van der Waals surface area contributed by atoms with E-state index in [-0.39, 0.29) is 13.2 Å². The summed E-state index contributed by atoms with van der Waals surface area (Å²) in [5.74, 6) is -1.86. The summed E-state index contributed by atoms with van der Waals surface area (Å²) in [6.07, 6.45) is 4.88. The van der Waals surface area contributed by atoms with Crippen LogP contribution >= 0.6 is 0 Å². The molecule has 0 spiro atoms. The maximum absolute atomic E-state index is 14.3. The molecular weight excluding hydrogens is 472 g/mol. The van der Waals surface area contributed by atoms with E-state index in [0.29, 0.717) is 38.5 Å². The van der Waals surface area contributed by atoms with Crippen LogP contribution in [0.4, 0.5) is 0 Å². The number of hydrogen-bond donors (Lipinski definition) is 2. The van der Waals surface area contributed by atoms with E-state index in [0.717, 1.165) is 12.8 Å². The Hall–Kier alpha value is -1.22. The summed E-state index contributed by atoms with van der Waals surface area (Å²) in [4.78, 5) is 28.7. The first kappa shape index (κ1) is 32.0. The molecule has 0 aromatic carbocycles. The van der Waals surface area contributed by atoms with E-state index in [1.165, 1.54) is 10.1 Å². The molecule has 216 valence electrons. The Morgan fingerprint density at radius 2 is 0.946 bits per heavy atom. The molecule has 2 aliphatic heterocycles. The molecule has 0 bridgehead atoms. The largest absolute Gasteiger partial charge is 0.465 e. The molecule has 0 atom stereocenters. The lowest BCUT2D eigenvalue weighted by atomic mass is 9.54. The summed E-state index contributed by atoms with van der Waals surface area (Å²) in [7, 11) is 0. The van der Waals surface area contributed by atoms with Gasteiger partial charge in [-0.25, -0.2) is 0 Å². The van der Waals surface area contributed by atoms with Gasteiger partial charge in [0.2, 0.25) is 0 Å². The number of carbonyl (C=O) groups excluding carboxylic acids is 2. The molecule has 2 saturated heterocycles. The topological polar surface area (TPSA) is 99.5 Å². The van der Waals surface area contributed by atoms with Gasteiger partial charge in [0.1, 0.15) is 0 Å². The number of piperidine rings is 2. The highest BCUT2D eigenvalue weighted by Crippen LogP contribution is 2.57. The second-order valence-corrected chi connectivity index (χ2v) is 13.9. The third kappa shape index (κ3) is 6.34. The van der Waals surface area contributed by atoms with Crippen molar-refractivity contribution in [3.05, 3.63) is 0 Å². The SMILES string of the molecule is CCCCOC(=O)C(C(=O)OCCCC)(C1CC(C)(C)N(O)C(C)(C)C1)C1CC(C)(C)N(O)C(C)(C)C1. The first-order valence-corrected chi connectivity index (χ1v) is 14.2. The number of hydrogen-bond acceptors (Lipinski definition) is 8. The average molecular weight is 527 g/mol. The fraction of sp³-hybridized carbons (Fsp3) is 0.931. The second kappa shape index (κ2) is 11.5.